The van der Waals surface area contributed by atoms with Crippen LogP contribution in [0.1, 0.15) is 30.4 Å². The smallest absolute Gasteiger partial charge is 0.230 e. The van der Waals surface area contributed by atoms with Gasteiger partial charge < -0.3 is 10.6 Å². The Labute approximate surface area is 148 Å². The van der Waals surface area contributed by atoms with Gasteiger partial charge in [0, 0.05) is 24.3 Å². The fraction of sp³-hybridized carbons (Fsp3) is 0.350. The molecule has 2 N–H and O–H groups in total. The van der Waals surface area contributed by atoms with E-state index in [1.54, 1.807) is 0 Å². The molecule has 0 aliphatic heterocycles. The first kappa shape index (κ1) is 16.8. The van der Waals surface area contributed by atoms with Crippen molar-refractivity contribution in [1.29, 1.82) is 0 Å². The number of hydrogen-bond donors (Lipinski definition) is 2. The molecule has 4 heteroatoms. The molecule has 0 atom stereocenters. The van der Waals surface area contributed by atoms with Crippen molar-refractivity contribution >= 4 is 23.2 Å². The fourth-order valence-electron chi connectivity index (χ4n) is 3.27. The summed E-state index contributed by atoms with van der Waals surface area (Å²) in [5, 5.41) is 6.94. The van der Waals surface area contributed by atoms with Gasteiger partial charge in [-0.25, -0.2) is 0 Å². The second-order valence-electron chi connectivity index (χ2n) is 6.40. The van der Waals surface area contributed by atoms with Crippen LogP contribution in [0.4, 0.5) is 5.69 Å². The molecular formula is C20H23ClN2O. The van der Waals surface area contributed by atoms with Gasteiger partial charge in [0.1, 0.15) is 0 Å². The van der Waals surface area contributed by atoms with Gasteiger partial charge in [-0.1, -0.05) is 42.3 Å². The third kappa shape index (κ3) is 3.41. The summed E-state index contributed by atoms with van der Waals surface area (Å²) in [6.07, 6.45) is 3.77. The van der Waals surface area contributed by atoms with Crippen LogP contribution in [0, 0.1) is 0 Å². The van der Waals surface area contributed by atoms with Crippen LogP contribution in [0.5, 0.6) is 0 Å². The molecule has 2 aromatic rings. The normalized spacial score (nSPS) is 15.4. The highest BCUT2D eigenvalue weighted by Crippen LogP contribution is 2.44. The Bertz CT molecular complexity index is 691. The van der Waals surface area contributed by atoms with E-state index in [9.17, 15) is 4.79 Å². The van der Waals surface area contributed by atoms with Crippen molar-refractivity contribution in [3.63, 3.8) is 0 Å². The van der Waals surface area contributed by atoms with Gasteiger partial charge in [0.15, 0.2) is 0 Å². The molecule has 1 amide bonds. The Morgan fingerprint density at radius 3 is 2.29 bits per heavy atom. The predicted octanol–water partition coefficient (Wildman–Crippen LogP) is 4.16. The highest BCUT2D eigenvalue weighted by Gasteiger charge is 2.45. The van der Waals surface area contributed by atoms with Crippen LogP contribution in [-0.2, 0) is 16.6 Å². The van der Waals surface area contributed by atoms with Crippen LogP contribution in [0.3, 0.4) is 0 Å². The van der Waals surface area contributed by atoms with Crippen LogP contribution < -0.4 is 10.6 Å². The minimum Gasteiger partial charge on any atom is -0.388 e. The Hall–Kier alpha value is -2.00. The molecule has 24 heavy (non-hydrogen) atoms. The molecule has 2 aromatic carbocycles. The van der Waals surface area contributed by atoms with Crippen molar-refractivity contribution in [1.82, 2.24) is 5.32 Å². The number of nitrogens with one attached hydrogen (secondary N) is 2. The first-order valence-electron chi connectivity index (χ1n) is 8.45. The summed E-state index contributed by atoms with van der Waals surface area (Å²) < 4.78 is 0. The van der Waals surface area contributed by atoms with E-state index in [0.29, 0.717) is 11.6 Å². The van der Waals surface area contributed by atoms with Gasteiger partial charge in [0.05, 0.1) is 5.41 Å². The highest BCUT2D eigenvalue weighted by atomic mass is 35.5. The average Bonchev–Trinajstić information content (AvgIpc) is 2.56. The van der Waals surface area contributed by atoms with Gasteiger partial charge in [0.2, 0.25) is 5.91 Å². The molecule has 0 spiro atoms. The van der Waals surface area contributed by atoms with Crippen LogP contribution >= 0.6 is 11.6 Å². The summed E-state index contributed by atoms with van der Waals surface area (Å²) in [5.74, 6) is 0.142. The molecule has 0 radical (unpaired) electrons. The molecule has 0 aromatic heterocycles. The fourth-order valence-corrected chi connectivity index (χ4v) is 3.40. The van der Waals surface area contributed by atoms with Crippen molar-refractivity contribution in [2.45, 2.75) is 31.1 Å². The van der Waals surface area contributed by atoms with Gasteiger partial charge in [-0.2, -0.15) is 0 Å². The van der Waals surface area contributed by atoms with Gasteiger partial charge in [0.25, 0.3) is 0 Å². The maximum Gasteiger partial charge on any atom is 0.230 e. The number of anilines is 1. The summed E-state index contributed by atoms with van der Waals surface area (Å²) in [5.41, 5.74) is 3.04. The zero-order valence-electron chi connectivity index (χ0n) is 13.9. The van der Waals surface area contributed by atoms with Crippen LogP contribution in [0.25, 0.3) is 0 Å². The first-order valence-corrected chi connectivity index (χ1v) is 8.83. The number of rotatable bonds is 6. The second-order valence-corrected chi connectivity index (χ2v) is 6.83. The zero-order valence-corrected chi connectivity index (χ0v) is 14.7. The Balaban J connectivity index is 1.59. The van der Waals surface area contributed by atoms with E-state index < -0.39 is 0 Å². The summed E-state index contributed by atoms with van der Waals surface area (Å²) in [7, 11) is 1.91. The third-order valence-corrected chi connectivity index (χ3v) is 5.23. The number of hydrogen-bond acceptors (Lipinski definition) is 2. The number of carbonyl (C=O) groups is 1. The molecule has 3 rings (SSSR count). The molecule has 1 aliphatic carbocycles. The standard InChI is InChI=1S/C20H23ClN2O/c1-22-18-9-3-15(4-10-18)11-14-23-19(24)20(12-2-13-20)16-5-7-17(21)8-6-16/h3-10,22H,2,11-14H2,1H3,(H,23,24). The molecular weight excluding hydrogens is 320 g/mol. The SMILES string of the molecule is CNc1ccc(CCNC(=O)C2(c3ccc(Cl)cc3)CCC2)cc1. The van der Waals surface area contributed by atoms with Crippen molar-refractivity contribution < 1.29 is 4.79 Å². The molecule has 0 heterocycles. The molecule has 0 unspecified atom stereocenters. The van der Waals surface area contributed by atoms with E-state index in [1.807, 2.05) is 31.3 Å². The lowest BCUT2D eigenvalue weighted by molar-refractivity contribution is -0.129. The molecule has 3 nitrogen and oxygen atoms in total. The Morgan fingerprint density at radius 2 is 1.75 bits per heavy atom. The summed E-state index contributed by atoms with van der Waals surface area (Å²) in [6.45, 7) is 0.660. The van der Waals surface area contributed by atoms with Crippen molar-refractivity contribution in [2.24, 2.45) is 0 Å². The van der Waals surface area contributed by atoms with Gasteiger partial charge in [-0.15, -0.1) is 0 Å². The summed E-state index contributed by atoms with van der Waals surface area (Å²) in [4.78, 5) is 12.8. The largest absolute Gasteiger partial charge is 0.388 e. The maximum atomic E-state index is 12.8. The van der Waals surface area contributed by atoms with Crippen LogP contribution in [-0.4, -0.2) is 19.5 Å². The lowest BCUT2D eigenvalue weighted by Gasteiger charge is -2.40. The summed E-state index contributed by atoms with van der Waals surface area (Å²) in [6, 6.07) is 16.0. The molecule has 1 aliphatic rings. The number of carbonyl (C=O) groups excluding carboxylic acids is 1. The van der Waals surface area contributed by atoms with Gasteiger partial charge >= 0.3 is 0 Å². The zero-order chi connectivity index (χ0) is 17.0. The van der Waals surface area contributed by atoms with Gasteiger partial charge in [-0.05, 0) is 54.7 Å². The van der Waals surface area contributed by atoms with Crippen molar-refractivity contribution in [3.8, 4) is 0 Å². The molecule has 1 saturated carbocycles. The Morgan fingerprint density at radius 1 is 1.08 bits per heavy atom. The van der Waals surface area contributed by atoms with E-state index in [4.69, 9.17) is 11.6 Å². The lowest BCUT2D eigenvalue weighted by Crippen LogP contribution is -2.49. The van der Waals surface area contributed by atoms with Crippen molar-refractivity contribution in [3.05, 3.63) is 64.7 Å². The minimum absolute atomic E-state index is 0.142. The minimum atomic E-state index is -0.361. The quantitative estimate of drug-likeness (QED) is 0.827. The molecule has 126 valence electrons. The Kier molecular flexibility index (Phi) is 5.10. The molecule has 0 saturated heterocycles. The van der Waals surface area contributed by atoms with E-state index in [1.165, 1.54) is 5.56 Å². The first-order chi connectivity index (χ1) is 11.6. The topological polar surface area (TPSA) is 41.1 Å². The summed E-state index contributed by atoms with van der Waals surface area (Å²) >= 11 is 5.97. The van der Waals surface area contributed by atoms with E-state index >= 15 is 0 Å². The highest BCUT2D eigenvalue weighted by molar-refractivity contribution is 6.30. The van der Waals surface area contributed by atoms with E-state index in [2.05, 4.69) is 34.9 Å². The average molecular weight is 343 g/mol. The lowest BCUT2D eigenvalue weighted by atomic mass is 9.64. The van der Waals surface area contributed by atoms with Crippen LogP contribution in [0.15, 0.2) is 48.5 Å². The van der Waals surface area contributed by atoms with E-state index in [0.717, 1.165) is 36.9 Å². The third-order valence-electron chi connectivity index (χ3n) is 4.98. The van der Waals surface area contributed by atoms with Crippen LogP contribution in [0.2, 0.25) is 5.02 Å². The second kappa shape index (κ2) is 7.27. The molecule has 0 bridgehead atoms. The number of benzene rings is 2. The van der Waals surface area contributed by atoms with Gasteiger partial charge in [-0.3, -0.25) is 4.79 Å². The monoisotopic (exact) mass is 342 g/mol. The molecule has 1 fully saturated rings. The number of amides is 1. The number of halogens is 1. The predicted molar refractivity (Wildman–Crippen MR) is 99.7 cm³/mol. The van der Waals surface area contributed by atoms with Crippen molar-refractivity contribution in [2.75, 3.05) is 18.9 Å². The maximum absolute atomic E-state index is 12.8. The van der Waals surface area contributed by atoms with E-state index in [-0.39, 0.29) is 11.3 Å².